The molecule has 0 bridgehead atoms. The van der Waals surface area contributed by atoms with Crippen molar-refractivity contribution in [3.8, 4) is 22.3 Å². The van der Waals surface area contributed by atoms with Gasteiger partial charge in [-0.15, -0.1) is 0 Å². The number of aryl methyl sites for hydroxylation is 1. The van der Waals surface area contributed by atoms with Gasteiger partial charge in [-0.2, -0.15) is 0 Å². The molecule has 1 saturated heterocycles. The molecule has 3 aromatic heterocycles. The number of aliphatic hydroxyl groups is 1. The highest BCUT2D eigenvalue weighted by Crippen LogP contribution is 2.50. The summed E-state index contributed by atoms with van der Waals surface area (Å²) in [6.07, 6.45) is 1.44. The second-order valence-corrected chi connectivity index (χ2v) is 9.71. The van der Waals surface area contributed by atoms with E-state index >= 15 is 4.39 Å². The minimum atomic E-state index is -1.58. The van der Waals surface area contributed by atoms with E-state index in [1.165, 1.54) is 29.2 Å². The summed E-state index contributed by atoms with van der Waals surface area (Å²) in [6.45, 7) is -0.316. The normalized spacial score (nSPS) is 17.9. The quantitative estimate of drug-likeness (QED) is 0.320. The molecule has 6 rings (SSSR count). The number of aromatic nitrogens is 3. The monoisotopic (exact) mass is 537 g/mol. The lowest BCUT2D eigenvalue weighted by molar-refractivity contribution is 0.0695. The summed E-state index contributed by atoms with van der Waals surface area (Å²) in [6, 6.07) is 2.53. The van der Waals surface area contributed by atoms with Gasteiger partial charge in [0, 0.05) is 79.7 Å². The van der Waals surface area contributed by atoms with E-state index in [0.29, 0.717) is 33.8 Å². The van der Waals surface area contributed by atoms with Gasteiger partial charge in [0.2, 0.25) is 5.43 Å². The van der Waals surface area contributed by atoms with Crippen molar-refractivity contribution in [3.63, 3.8) is 0 Å². The van der Waals surface area contributed by atoms with Crippen molar-refractivity contribution < 1.29 is 28.2 Å². The largest absolute Gasteiger partial charge is 0.477 e. The number of aromatic carboxylic acids is 1. The summed E-state index contributed by atoms with van der Waals surface area (Å²) in [5.41, 5.74) is 1.64. The van der Waals surface area contributed by atoms with Crippen molar-refractivity contribution in [2.75, 3.05) is 30.4 Å². The first kappa shape index (κ1) is 24.9. The Morgan fingerprint density at radius 2 is 1.92 bits per heavy atom. The fourth-order valence-corrected chi connectivity index (χ4v) is 5.57. The molecule has 3 N–H and O–H groups in total. The van der Waals surface area contributed by atoms with Crippen LogP contribution in [-0.4, -0.2) is 63.1 Å². The standard InChI is InChI=1S/C27H22F3N5O4/c1-31-18-5-16(28)23(30)21-12(18)4-19-22(21)24(35-9-17(29)20(36)10-35)14(7-32-19)11-3-13-25(37)15(27(38)39)8-34(2)26(13)33-6-11/h3,5-8,17,20,31,36H,4,9-10H2,1-2H3,(H,38,39)/t17-,20-/m0/s1. The maximum Gasteiger partial charge on any atom is 0.341 e. The zero-order chi connectivity index (χ0) is 27.7. The fraction of sp³-hybridized carbons (Fsp3) is 0.259. The number of pyridine rings is 3. The summed E-state index contributed by atoms with van der Waals surface area (Å²) >= 11 is 0. The van der Waals surface area contributed by atoms with Crippen LogP contribution in [0.4, 0.5) is 24.5 Å². The summed E-state index contributed by atoms with van der Waals surface area (Å²) in [4.78, 5) is 35.1. The lowest BCUT2D eigenvalue weighted by Crippen LogP contribution is -2.23. The molecule has 9 nitrogen and oxygen atoms in total. The first-order chi connectivity index (χ1) is 18.6. The zero-order valence-corrected chi connectivity index (χ0v) is 20.8. The number of fused-ring (bicyclic) bond motifs is 4. The van der Waals surface area contributed by atoms with Crippen LogP contribution in [0.25, 0.3) is 33.3 Å². The lowest BCUT2D eigenvalue weighted by Gasteiger charge is -2.25. The highest BCUT2D eigenvalue weighted by molar-refractivity contribution is 5.98. The summed E-state index contributed by atoms with van der Waals surface area (Å²) in [7, 11) is 3.15. The number of hydrogen-bond donors (Lipinski definition) is 3. The smallest absolute Gasteiger partial charge is 0.341 e. The van der Waals surface area contributed by atoms with Crippen LogP contribution in [0.2, 0.25) is 0 Å². The maximum atomic E-state index is 15.4. The second kappa shape index (κ2) is 8.80. The zero-order valence-electron chi connectivity index (χ0n) is 20.8. The molecule has 12 heteroatoms. The van der Waals surface area contributed by atoms with Gasteiger partial charge in [-0.1, -0.05) is 0 Å². The Labute approximate surface area is 219 Å². The number of alkyl halides is 1. The molecule has 1 aromatic carbocycles. The predicted octanol–water partition coefficient (Wildman–Crippen LogP) is 3.10. The molecule has 0 unspecified atom stereocenters. The Morgan fingerprint density at radius 3 is 2.59 bits per heavy atom. The third-order valence-electron chi connectivity index (χ3n) is 7.41. The summed E-state index contributed by atoms with van der Waals surface area (Å²) in [5, 5.41) is 22.6. The van der Waals surface area contributed by atoms with E-state index in [1.54, 1.807) is 19.0 Å². The van der Waals surface area contributed by atoms with Gasteiger partial charge in [0.05, 0.1) is 23.3 Å². The minimum absolute atomic E-state index is 0.00618. The Hall–Kier alpha value is -4.45. The van der Waals surface area contributed by atoms with Gasteiger partial charge in [0.25, 0.3) is 0 Å². The molecule has 2 atom stereocenters. The van der Waals surface area contributed by atoms with E-state index in [1.807, 2.05) is 0 Å². The van der Waals surface area contributed by atoms with Gasteiger partial charge in [0.15, 0.2) is 11.6 Å². The molecule has 1 fully saturated rings. The minimum Gasteiger partial charge on any atom is -0.477 e. The molecule has 0 saturated carbocycles. The number of β-amino-alcohol motifs (C(OH)–C–C–N with tert-alkyl or cyclic N) is 1. The first-order valence-electron chi connectivity index (χ1n) is 12.1. The Kier molecular flexibility index (Phi) is 5.61. The molecular formula is C27H22F3N5O4. The number of carboxylic acid groups (broad SMARTS) is 1. The number of benzene rings is 1. The molecule has 4 aromatic rings. The molecule has 1 aliphatic carbocycles. The molecule has 0 radical (unpaired) electrons. The number of carbonyl (C=O) groups is 1. The number of nitrogens with zero attached hydrogens (tertiary/aromatic N) is 4. The van der Waals surface area contributed by atoms with Gasteiger partial charge in [-0.3, -0.25) is 9.78 Å². The van der Waals surface area contributed by atoms with Gasteiger partial charge >= 0.3 is 5.97 Å². The van der Waals surface area contributed by atoms with Crippen molar-refractivity contribution in [3.05, 3.63) is 69.4 Å². The summed E-state index contributed by atoms with van der Waals surface area (Å²) < 4.78 is 46.1. The third-order valence-corrected chi connectivity index (χ3v) is 7.41. The third kappa shape index (κ3) is 3.66. The van der Waals surface area contributed by atoms with Crippen LogP contribution in [-0.2, 0) is 13.5 Å². The van der Waals surface area contributed by atoms with Crippen molar-refractivity contribution in [2.24, 2.45) is 7.05 Å². The van der Waals surface area contributed by atoms with Crippen LogP contribution in [0.15, 0.2) is 35.5 Å². The number of anilines is 2. The van der Waals surface area contributed by atoms with Crippen molar-refractivity contribution in [2.45, 2.75) is 18.7 Å². The van der Waals surface area contributed by atoms with Crippen LogP contribution >= 0.6 is 0 Å². The SMILES string of the molecule is CNc1cc(F)c(F)c2c1Cc1ncc(-c3cnc4c(c3)c(=O)c(C(=O)O)cn4C)c(N3C[C@H](O)[C@@H](F)C3)c1-2. The molecule has 200 valence electrons. The van der Waals surface area contributed by atoms with Gasteiger partial charge in [-0.05, 0) is 11.6 Å². The highest BCUT2D eigenvalue weighted by atomic mass is 19.2. The predicted molar refractivity (Wildman–Crippen MR) is 138 cm³/mol. The Balaban J connectivity index is 1.66. The van der Waals surface area contributed by atoms with Crippen molar-refractivity contribution in [1.82, 2.24) is 14.5 Å². The van der Waals surface area contributed by atoms with Gasteiger partial charge < -0.3 is 25.0 Å². The first-order valence-corrected chi connectivity index (χ1v) is 12.1. The number of aliphatic hydroxyl groups excluding tert-OH is 1. The topological polar surface area (TPSA) is 121 Å². The van der Waals surface area contributed by atoms with Crippen molar-refractivity contribution in [1.29, 1.82) is 0 Å². The molecule has 39 heavy (non-hydrogen) atoms. The molecular weight excluding hydrogens is 515 g/mol. The lowest BCUT2D eigenvalue weighted by atomic mass is 9.97. The molecule has 0 spiro atoms. The molecule has 2 aliphatic rings. The average Bonchev–Trinajstić information content (AvgIpc) is 3.47. The number of nitrogens with one attached hydrogen (secondary N) is 1. The Morgan fingerprint density at radius 1 is 1.15 bits per heavy atom. The van der Waals surface area contributed by atoms with E-state index < -0.39 is 40.9 Å². The maximum absolute atomic E-state index is 15.4. The van der Waals surface area contributed by atoms with Crippen LogP contribution in [0, 0.1) is 11.6 Å². The van der Waals surface area contributed by atoms with Crippen molar-refractivity contribution >= 4 is 28.4 Å². The van der Waals surface area contributed by atoms with Crippen LogP contribution in [0.3, 0.4) is 0 Å². The van der Waals surface area contributed by atoms with E-state index in [-0.39, 0.29) is 41.7 Å². The number of halogens is 3. The number of carboxylic acids is 1. The van der Waals surface area contributed by atoms with E-state index in [2.05, 4.69) is 15.3 Å². The van der Waals surface area contributed by atoms with Crippen LogP contribution in [0.1, 0.15) is 21.6 Å². The second-order valence-electron chi connectivity index (χ2n) is 9.71. The van der Waals surface area contributed by atoms with Gasteiger partial charge in [-0.25, -0.2) is 22.9 Å². The highest BCUT2D eigenvalue weighted by Gasteiger charge is 2.38. The number of hydrogen-bond acceptors (Lipinski definition) is 7. The number of rotatable bonds is 4. The van der Waals surface area contributed by atoms with E-state index in [4.69, 9.17) is 0 Å². The van der Waals surface area contributed by atoms with Gasteiger partial charge in [0.1, 0.15) is 23.5 Å². The van der Waals surface area contributed by atoms with E-state index in [9.17, 15) is 28.6 Å². The Bertz CT molecular complexity index is 1760. The average molecular weight is 537 g/mol. The van der Waals surface area contributed by atoms with Crippen LogP contribution < -0.4 is 15.6 Å². The van der Waals surface area contributed by atoms with Crippen LogP contribution in [0.5, 0.6) is 0 Å². The van der Waals surface area contributed by atoms with E-state index in [0.717, 1.165) is 6.07 Å². The molecule has 1 aliphatic heterocycles. The fourth-order valence-electron chi connectivity index (χ4n) is 5.57. The molecule has 4 heterocycles. The summed E-state index contributed by atoms with van der Waals surface area (Å²) in [5.74, 6) is -3.53. The molecule has 0 amide bonds.